The predicted molar refractivity (Wildman–Crippen MR) is 99.4 cm³/mol. The monoisotopic (exact) mass is 374 g/mol. The Hall–Kier alpha value is -1.69. The molecule has 6 heteroatoms. The lowest BCUT2D eigenvalue weighted by molar-refractivity contribution is 0.157. The van der Waals surface area contributed by atoms with Gasteiger partial charge < -0.3 is 0 Å². The van der Waals surface area contributed by atoms with Gasteiger partial charge in [-0.05, 0) is 72.1 Å². The highest BCUT2D eigenvalue weighted by Gasteiger charge is 2.44. The smallest absolute Gasteiger partial charge is 0.239 e. The van der Waals surface area contributed by atoms with E-state index < -0.39 is 10.0 Å². The Morgan fingerprint density at radius 3 is 2.20 bits per heavy atom. The molecule has 2 aliphatic rings. The van der Waals surface area contributed by atoms with Crippen molar-refractivity contribution in [3.05, 3.63) is 58.9 Å². The lowest BCUT2D eigenvalue weighted by Gasteiger charge is -2.39. The second-order valence-corrected chi connectivity index (χ2v) is 9.09. The van der Waals surface area contributed by atoms with Crippen molar-refractivity contribution in [1.29, 1.82) is 0 Å². The Bertz CT molecular complexity index is 944. The van der Waals surface area contributed by atoms with E-state index in [9.17, 15) is 8.42 Å². The van der Waals surface area contributed by atoms with Crippen LogP contribution in [0.15, 0.2) is 47.5 Å². The third-order valence-electron chi connectivity index (χ3n) is 5.45. The van der Waals surface area contributed by atoms with Gasteiger partial charge >= 0.3 is 0 Å². The van der Waals surface area contributed by atoms with E-state index in [0.29, 0.717) is 5.41 Å². The molecule has 25 heavy (non-hydrogen) atoms. The summed E-state index contributed by atoms with van der Waals surface area (Å²) in [6, 6.07) is 11.2. The number of primary sulfonamides is 1. The standard InChI is InChI=1S/C19H19ClN2O2S/c20-14-4-2-13(3-5-14)16-10-19(8-1-9-19)11-17(16)18-7-6-15(12-22-18)25(21,23)24/h2-7,12H,1,8-11H2,(H2,21,23,24). The molecule has 0 unspecified atom stereocenters. The maximum absolute atomic E-state index is 11.5. The second-order valence-electron chi connectivity index (χ2n) is 7.10. The van der Waals surface area contributed by atoms with E-state index in [1.54, 1.807) is 6.07 Å². The number of aromatic nitrogens is 1. The van der Waals surface area contributed by atoms with E-state index in [4.69, 9.17) is 16.7 Å². The first-order chi connectivity index (χ1) is 11.9. The number of hydrogen-bond acceptors (Lipinski definition) is 3. The fraction of sp³-hybridized carbons (Fsp3) is 0.316. The number of halogens is 1. The SMILES string of the molecule is NS(=O)(=O)c1ccc(C2=C(c3ccc(Cl)cc3)CC3(CCC3)C2)nc1. The Morgan fingerprint density at radius 1 is 1.00 bits per heavy atom. The molecule has 1 aromatic carbocycles. The van der Waals surface area contributed by atoms with Crippen LogP contribution in [0.4, 0.5) is 0 Å². The molecule has 1 fully saturated rings. The number of allylic oxidation sites excluding steroid dienone is 2. The minimum atomic E-state index is -3.72. The summed E-state index contributed by atoms with van der Waals surface area (Å²) in [6.45, 7) is 0. The van der Waals surface area contributed by atoms with Crippen molar-refractivity contribution in [1.82, 2.24) is 4.98 Å². The third kappa shape index (κ3) is 3.12. The molecule has 1 spiro atoms. The summed E-state index contributed by atoms with van der Waals surface area (Å²) in [4.78, 5) is 4.44. The molecular weight excluding hydrogens is 356 g/mol. The molecule has 0 aliphatic heterocycles. The fourth-order valence-electron chi connectivity index (χ4n) is 3.96. The molecule has 4 nitrogen and oxygen atoms in total. The molecule has 1 saturated carbocycles. The van der Waals surface area contributed by atoms with Crippen molar-refractivity contribution < 1.29 is 8.42 Å². The Balaban J connectivity index is 1.77. The van der Waals surface area contributed by atoms with Gasteiger partial charge in [0.15, 0.2) is 0 Å². The average molecular weight is 375 g/mol. The Kier molecular flexibility index (Phi) is 3.98. The molecule has 2 aromatic rings. The van der Waals surface area contributed by atoms with Gasteiger partial charge in [0.2, 0.25) is 10.0 Å². The Morgan fingerprint density at radius 2 is 1.68 bits per heavy atom. The number of benzene rings is 1. The van der Waals surface area contributed by atoms with Gasteiger partial charge in [-0.2, -0.15) is 0 Å². The summed E-state index contributed by atoms with van der Waals surface area (Å²) in [5.74, 6) is 0. The first-order valence-corrected chi connectivity index (χ1v) is 10.3. The van der Waals surface area contributed by atoms with E-state index in [1.807, 2.05) is 24.3 Å². The zero-order chi connectivity index (χ0) is 17.7. The van der Waals surface area contributed by atoms with Crippen LogP contribution in [0.3, 0.4) is 0 Å². The number of rotatable bonds is 3. The van der Waals surface area contributed by atoms with Gasteiger partial charge in [0, 0.05) is 11.2 Å². The zero-order valence-electron chi connectivity index (χ0n) is 13.7. The molecule has 0 saturated heterocycles. The topological polar surface area (TPSA) is 73.1 Å². The van der Waals surface area contributed by atoms with Crippen molar-refractivity contribution in [2.45, 2.75) is 37.0 Å². The van der Waals surface area contributed by atoms with Crippen LogP contribution in [0.5, 0.6) is 0 Å². The molecule has 4 rings (SSSR count). The maximum Gasteiger partial charge on any atom is 0.239 e. The van der Waals surface area contributed by atoms with Crippen LogP contribution in [-0.4, -0.2) is 13.4 Å². The van der Waals surface area contributed by atoms with Crippen LogP contribution in [0, 0.1) is 5.41 Å². The van der Waals surface area contributed by atoms with Gasteiger partial charge in [-0.1, -0.05) is 30.2 Å². The van der Waals surface area contributed by atoms with Crippen molar-refractivity contribution in [2.75, 3.05) is 0 Å². The number of sulfonamides is 1. The number of pyridine rings is 1. The largest absolute Gasteiger partial charge is 0.255 e. The molecule has 0 atom stereocenters. The highest BCUT2D eigenvalue weighted by molar-refractivity contribution is 7.89. The van der Waals surface area contributed by atoms with Crippen LogP contribution in [-0.2, 0) is 10.0 Å². The fourth-order valence-corrected chi connectivity index (χ4v) is 4.54. The molecule has 0 amide bonds. The summed E-state index contributed by atoms with van der Waals surface area (Å²) in [7, 11) is -3.72. The lowest BCUT2D eigenvalue weighted by Crippen LogP contribution is -2.26. The van der Waals surface area contributed by atoms with Crippen LogP contribution in [0.25, 0.3) is 11.1 Å². The summed E-state index contributed by atoms with van der Waals surface area (Å²) in [5.41, 5.74) is 4.86. The number of nitrogens with two attached hydrogens (primary N) is 1. The van der Waals surface area contributed by atoms with Crippen LogP contribution < -0.4 is 5.14 Å². The third-order valence-corrected chi connectivity index (χ3v) is 6.60. The quantitative estimate of drug-likeness (QED) is 0.872. The summed E-state index contributed by atoms with van der Waals surface area (Å²) >= 11 is 6.03. The molecule has 0 radical (unpaired) electrons. The minimum absolute atomic E-state index is 0.0428. The summed E-state index contributed by atoms with van der Waals surface area (Å²) < 4.78 is 22.9. The second kappa shape index (κ2) is 5.94. The predicted octanol–water partition coefficient (Wildman–Crippen LogP) is 4.26. The summed E-state index contributed by atoms with van der Waals surface area (Å²) in [5, 5.41) is 5.89. The number of nitrogens with zero attached hydrogens (tertiary/aromatic N) is 1. The van der Waals surface area contributed by atoms with Crippen molar-refractivity contribution >= 4 is 32.8 Å². The Labute approximate surface area is 152 Å². The highest BCUT2D eigenvalue weighted by Crippen LogP contribution is 2.59. The van der Waals surface area contributed by atoms with E-state index in [2.05, 4.69) is 4.98 Å². The van der Waals surface area contributed by atoms with Gasteiger partial charge in [0.05, 0.1) is 5.69 Å². The highest BCUT2D eigenvalue weighted by atomic mass is 35.5. The molecule has 2 aliphatic carbocycles. The number of hydrogen-bond donors (Lipinski definition) is 1. The van der Waals surface area contributed by atoms with Crippen LogP contribution >= 0.6 is 11.6 Å². The minimum Gasteiger partial charge on any atom is -0.255 e. The van der Waals surface area contributed by atoms with Crippen molar-refractivity contribution in [3.8, 4) is 0 Å². The average Bonchev–Trinajstić information content (AvgIpc) is 2.96. The first kappa shape index (κ1) is 16.8. The van der Waals surface area contributed by atoms with Crippen LogP contribution in [0.1, 0.15) is 43.4 Å². The molecule has 130 valence electrons. The van der Waals surface area contributed by atoms with Gasteiger partial charge in [-0.25, -0.2) is 13.6 Å². The zero-order valence-corrected chi connectivity index (χ0v) is 15.3. The van der Waals surface area contributed by atoms with E-state index in [-0.39, 0.29) is 4.90 Å². The molecule has 0 bridgehead atoms. The maximum atomic E-state index is 11.5. The lowest BCUT2D eigenvalue weighted by atomic mass is 9.66. The van der Waals surface area contributed by atoms with Crippen LogP contribution in [0.2, 0.25) is 5.02 Å². The normalized spacial score (nSPS) is 19.3. The first-order valence-electron chi connectivity index (χ1n) is 8.34. The van der Waals surface area contributed by atoms with Crippen molar-refractivity contribution in [3.63, 3.8) is 0 Å². The molecule has 1 heterocycles. The van der Waals surface area contributed by atoms with Gasteiger partial charge in [0.1, 0.15) is 4.90 Å². The van der Waals surface area contributed by atoms with E-state index in [0.717, 1.165) is 23.6 Å². The van der Waals surface area contributed by atoms with Crippen molar-refractivity contribution in [2.24, 2.45) is 10.6 Å². The van der Waals surface area contributed by atoms with Gasteiger partial charge in [-0.3, -0.25) is 4.98 Å². The molecule has 1 aromatic heterocycles. The van der Waals surface area contributed by atoms with E-state index >= 15 is 0 Å². The summed E-state index contributed by atoms with van der Waals surface area (Å²) in [6.07, 6.45) is 7.14. The van der Waals surface area contributed by atoms with E-state index in [1.165, 1.54) is 48.2 Å². The molecule has 2 N–H and O–H groups in total. The molecular formula is C19H19ClN2O2S. The van der Waals surface area contributed by atoms with Gasteiger partial charge in [-0.15, -0.1) is 0 Å². The van der Waals surface area contributed by atoms with Gasteiger partial charge in [0.25, 0.3) is 0 Å².